The Morgan fingerprint density at radius 2 is 1.83 bits per heavy atom. The van der Waals surface area contributed by atoms with Crippen molar-refractivity contribution in [2.75, 3.05) is 26.2 Å². The number of nitrogens with zero attached hydrogens (tertiary/aromatic N) is 1. The Morgan fingerprint density at radius 1 is 1.10 bits per heavy atom. The summed E-state index contributed by atoms with van der Waals surface area (Å²) in [4.78, 5) is 14.1. The Kier molecular flexibility index (Phi) is 7.52. The van der Waals surface area contributed by atoms with E-state index in [1.54, 1.807) is 29.2 Å². The van der Waals surface area contributed by atoms with Gasteiger partial charge in [0.15, 0.2) is 6.61 Å². The number of nitrogens with one attached hydrogen (secondary N) is 1. The molecule has 0 radical (unpaired) electrons. The van der Waals surface area contributed by atoms with Crippen molar-refractivity contribution in [3.63, 3.8) is 0 Å². The minimum absolute atomic E-state index is 0.0148. The van der Waals surface area contributed by atoms with Gasteiger partial charge in [0.05, 0.1) is 5.75 Å². The summed E-state index contributed by atoms with van der Waals surface area (Å²) >= 11 is 5.91. The molecule has 1 N–H and O–H groups in total. The Hall–Kier alpha value is -2.09. The van der Waals surface area contributed by atoms with E-state index < -0.39 is 10.0 Å². The molecular weight excluding hydrogens is 412 g/mol. The average Bonchev–Trinajstić information content (AvgIpc) is 2.71. The molecule has 0 aliphatic carbocycles. The van der Waals surface area contributed by atoms with Gasteiger partial charge in [-0.2, -0.15) is 0 Å². The molecule has 1 aliphatic rings. The van der Waals surface area contributed by atoms with Crippen LogP contribution in [0.15, 0.2) is 54.6 Å². The molecule has 3 rings (SSSR count). The summed E-state index contributed by atoms with van der Waals surface area (Å²) in [6.07, 6.45) is 1.52. The molecule has 1 aliphatic heterocycles. The molecule has 0 spiro atoms. The summed E-state index contributed by atoms with van der Waals surface area (Å²) in [6.45, 7) is 1.61. The van der Waals surface area contributed by atoms with Crippen LogP contribution < -0.4 is 9.46 Å². The number of carbonyl (C=O) groups excluding carboxylic acids is 1. The molecule has 29 heavy (non-hydrogen) atoms. The summed E-state index contributed by atoms with van der Waals surface area (Å²) in [5.74, 6) is 0.740. The number of halogens is 1. The highest BCUT2D eigenvalue weighted by Gasteiger charge is 2.24. The molecule has 2 aromatic carbocycles. The zero-order chi connectivity index (χ0) is 20.7. The third-order valence-electron chi connectivity index (χ3n) is 4.91. The summed E-state index contributed by atoms with van der Waals surface area (Å²) in [5, 5.41) is 0.519. The van der Waals surface area contributed by atoms with Crippen LogP contribution in [0.2, 0.25) is 5.02 Å². The number of rotatable bonds is 8. The lowest BCUT2D eigenvalue weighted by molar-refractivity contribution is -0.134. The van der Waals surface area contributed by atoms with Crippen LogP contribution in [0.25, 0.3) is 0 Å². The molecule has 156 valence electrons. The lowest BCUT2D eigenvalue weighted by Gasteiger charge is -2.32. The number of hydrogen-bond acceptors (Lipinski definition) is 4. The monoisotopic (exact) mass is 436 g/mol. The van der Waals surface area contributed by atoms with E-state index in [1.807, 2.05) is 30.3 Å². The minimum Gasteiger partial charge on any atom is -0.484 e. The molecule has 1 saturated heterocycles. The molecule has 8 heteroatoms. The van der Waals surface area contributed by atoms with Crippen LogP contribution in [0.3, 0.4) is 0 Å². The SMILES string of the molecule is O=C(COc1ccccc1)N1CCC(CNS(=O)(=O)Cc2cccc(Cl)c2)CC1. The van der Waals surface area contributed by atoms with Gasteiger partial charge in [0, 0.05) is 24.7 Å². The number of sulfonamides is 1. The van der Waals surface area contributed by atoms with Gasteiger partial charge in [-0.25, -0.2) is 13.1 Å². The van der Waals surface area contributed by atoms with Crippen LogP contribution in [-0.2, 0) is 20.6 Å². The zero-order valence-corrected chi connectivity index (χ0v) is 17.7. The summed E-state index contributed by atoms with van der Waals surface area (Å²) < 4.78 is 32.8. The highest BCUT2D eigenvalue weighted by atomic mass is 35.5. The largest absolute Gasteiger partial charge is 0.484 e. The van der Waals surface area contributed by atoms with E-state index in [2.05, 4.69) is 4.72 Å². The minimum atomic E-state index is -3.43. The van der Waals surface area contributed by atoms with Gasteiger partial charge in [-0.05, 0) is 48.6 Å². The Labute approximate surface area is 176 Å². The number of likely N-dealkylation sites (tertiary alicyclic amines) is 1. The standard InChI is InChI=1S/C21H25ClN2O4S/c22-19-6-4-5-18(13-19)16-29(26,27)23-14-17-9-11-24(12-10-17)21(25)15-28-20-7-2-1-3-8-20/h1-8,13,17,23H,9-12,14-16H2. The second-order valence-corrected chi connectivity index (χ2v) is 9.41. The highest BCUT2D eigenvalue weighted by Crippen LogP contribution is 2.18. The van der Waals surface area contributed by atoms with Crippen molar-refractivity contribution in [1.82, 2.24) is 9.62 Å². The second-order valence-electron chi connectivity index (χ2n) is 7.16. The predicted molar refractivity (Wildman–Crippen MR) is 113 cm³/mol. The van der Waals surface area contributed by atoms with Gasteiger partial charge in [0.1, 0.15) is 5.75 Å². The Balaban J connectivity index is 1.39. The average molecular weight is 437 g/mol. The van der Waals surface area contributed by atoms with E-state index in [-0.39, 0.29) is 24.2 Å². The quantitative estimate of drug-likeness (QED) is 0.690. The zero-order valence-electron chi connectivity index (χ0n) is 16.1. The van der Waals surface area contributed by atoms with Crippen molar-refractivity contribution < 1.29 is 17.9 Å². The third-order valence-corrected chi connectivity index (χ3v) is 6.47. The van der Waals surface area contributed by atoms with Crippen molar-refractivity contribution in [2.24, 2.45) is 5.92 Å². The van der Waals surface area contributed by atoms with Gasteiger partial charge in [0.25, 0.3) is 5.91 Å². The Morgan fingerprint density at radius 3 is 2.52 bits per heavy atom. The second kappa shape index (κ2) is 10.1. The maximum absolute atomic E-state index is 12.3. The molecule has 0 unspecified atom stereocenters. The van der Waals surface area contributed by atoms with E-state index >= 15 is 0 Å². The predicted octanol–water partition coefficient (Wildman–Crippen LogP) is 3.08. The molecule has 0 saturated carbocycles. The van der Waals surface area contributed by atoms with Crippen molar-refractivity contribution in [3.8, 4) is 5.75 Å². The number of hydrogen-bond donors (Lipinski definition) is 1. The fourth-order valence-electron chi connectivity index (χ4n) is 3.28. The van der Waals surface area contributed by atoms with Crippen LogP contribution in [-0.4, -0.2) is 45.5 Å². The molecule has 0 atom stereocenters. The number of amides is 1. The number of benzene rings is 2. The van der Waals surface area contributed by atoms with E-state index in [0.717, 1.165) is 12.8 Å². The first-order valence-electron chi connectivity index (χ1n) is 9.59. The maximum atomic E-state index is 12.3. The van der Waals surface area contributed by atoms with Crippen LogP contribution >= 0.6 is 11.6 Å². The highest BCUT2D eigenvalue weighted by molar-refractivity contribution is 7.88. The fraction of sp³-hybridized carbons (Fsp3) is 0.381. The van der Waals surface area contributed by atoms with Gasteiger partial charge in [-0.3, -0.25) is 4.79 Å². The van der Waals surface area contributed by atoms with Gasteiger partial charge in [-0.15, -0.1) is 0 Å². The third kappa shape index (κ3) is 7.03. The molecule has 1 heterocycles. The maximum Gasteiger partial charge on any atom is 0.260 e. The molecule has 2 aromatic rings. The normalized spacial score (nSPS) is 15.3. The lowest BCUT2D eigenvalue weighted by Crippen LogP contribution is -2.43. The van der Waals surface area contributed by atoms with Crippen LogP contribution in [0.4, 0.5) is 0 Å². The van der Waals surface area contributed by atoms with Crippen molar-refractivity contribution >= 4 is 27.5 Å². The molecule has 1 amide bonds. The van der Waals surface area contributed by atoms with E-state index in [4.69, 9.17) is 16.3 Å². The fourth-order valence-corrected chi connectivity index (χ4v) is 4.70. The van der Waals surface area contributed by atoms with Gasteiger partial charge >= 0.3 is 0 Å². The number of para-hydroxylation sites is 1. The summed E-state index contributed by atoms with van der Waals surface area (Å²) in [5.41, 5.74) is 0.656. The van der Waals surface area contributed by atoms with Gasteiger partial charge in [0.2, 0.25) is 10.0 Å². The first kappa shape index (κ1) is 21.6. The van der Waals surface area contributed by atoms with E-state index in [9.17, 15) is 13.2 Å². The van der Waals surface area contributed by atoms with E-state index in [1.165, 1.54) is 0 Å². The van der Waals surface area contributed by atoms with Crippen molar-refractivity contribution in [2.45, 2.75) is 18.6 Å². The van der Waals surface area contributed by atoms with Gasteiger partial charge < -0.3 is 9.64 Å². The van der Waals surface area contributed by atoms with Crippen molar-refractivity contribution in [3.05, 3.63) is 65.2 Å². The molecule has 0 aromatic heterocycles. The van der Waals surface area contributed by atoms with Crippen LogP contribution in [0.5, 0.6) is 5.75 Å². The van der Waals surface area contributed by atoms with Crippen molar-refractivity contribution in [1.29, 1.82) is 0 Å². The molecule has 6 nitrogen and oxygen atoms in total. The first-order valence-corrected chi connectivity index (χ1v) is 11.6. The topological polar surface area (TPSA) is 75.7 Å². The van der Waals surface area contributed by atoms with Crippen LogP contribution in [0, 0.1) is 5.92 Å². The smallest absolute Gasteiger partial charge is 0.260 e. The summed E-state index contributed by atoms with van der Waals surface area (Å²) in [7, 11) is -3.43. The number of piperidine rings is 1. The molecular formula is C21H25ClN2O4S. The molecule has 1 fully saturated rings. The van der Waals surface area contributed by atoms with Crippen LogP contribution in [0.1, 0.15) is 18.4 Å². The van der Waals surface area contributed by atoms with E-state index in [0.29, 0.717) is 36.0 Å². The van der Waals surface area contributed by atoms with Gasteiger partial charge in [-0.1, -0.05) is 41.9 Å². The molecule has 0 bridgehead atoms. The first-order chi connectivity index (χ1) is 13.9. The summed E-state index contributed by atoms with van der Waals surface area (Å²) in [6, 6.07) is 16.1. The number of carbonyl (C=O) groups is 1. The number of ether oxygens (including phenoxy) is 1. The lowest BCUT2D eigenvalue weighted by atomic mass is 9.97. The Bertz CT molecular complexity index is 913.